The second-order valence-electron chi connectivity index (χ2n) is 4.62. The van der Waals surface area contributed by atoms with Crippen molar-refractivity contribution in [2.24, 2.45) is 0 Å². The number of ether oxygens (including phenoxy) is 1. The normalized spacial score (nSPS) is 11.0. The maximum atomic E-state index is 11.9. The Morgan fingerprint density at radius 2 is 1.52 bits per heavy atom. The zero-order chi connectivity index (χ0) is 15.1. The first-order valence-corrected chi connectivity index (χ1v) is 6.67. The maximum absolute atomic E-state index is 11.9. The van der Waals surface area contributed by atoms with E-state index in [0.29, 0.717) is 11.3 Å². The molecule has 0 heterocycles. The Morgan fingerprint density at radius 3 is 2.14 bits per heavy atom. The molecular weight excluding hydrogens is 264 g/mol. The minimum absolute atomic E-state index is 0.180. The molecule has 21 heavy (non-hydrogen) atoms. The maximum Gasteiger partial charge on any atom is 0.315 e. The van der Waals surface area contributed by atoms with Crippen LogP contribution >= 0.6 is 0 Å². The summed E-state index contributed by atoms with van der Waals surface area (Å²) in [5, 5.41) is 0. The molecular formula is C18H16O3. The van der Waals surface area contributed by atoms with Gasteiger partial charge in [0, 0.05) is 11.6 Å². The van der Waals surface area contributed by atoms with Gasteiger partial charge in [-0.25, -0.2) is 0 Å². The van der Waals surface area contributed by atoms with Gasteiger partial charge in [0.25, 0.3) is 0 Å². The number of carbonyl (C=O) groups excluding carboxylic acids is 2. The summed E-state index contributed by atoms with van der Waals surface area (Å²) in [6, 6.07) is 18.2. The van der Waals surface area contributed by atoms with Crippen molar-refractivity contribution in [2.45, 2.75) is 13.3 Å². The van der Waals surface area contributed by atoms with Crippen LogP contribution in [-0.2, 0) is 16.0 Å². The van der Waals surface area contributed by atoms with E-state index in [-0.39, 0.29) is 18.2 Å². The van der Waals surface area contributed by atoms with Crippen molar-refractivity contribution in [2.75, 3.05) is 0 Å². The van der Waals surface area contributed by atoms with Crippen LogP contribution in [0.2, 0.25) is 0 Å². The number of benzene rings is 2. The first-order valence-electron chi connectivity index (χ1n) is 6.67. The molecule has 106 valence electrons. The van der Waals surface area contributed by atoms with Gasteiger partial charge in [-0.15, -0.1) is 0 Å². The van der Waals surface area contributed by atoms with E-state index in [0.717, 1.165) is 5.56 Å². The lowest BCUT2D eigenvalue weighted by Gasteiger charge is -2.04. The number of allylic oxidation sites excluding steroid dienone is 2. The van der Waals surface area contributed by atoms with Gasteiger partial charge >= 0.3 is 5.97 Å². The summed E-state index contributed by atoms with van der Waals surface area (Å²) in [6.45, 7) is 1.60. The van der Waals surface area contributed by atoms with Crippen molar-refractivity contribution in [1.82, 2.24) is 0 Å². The lowest BCUT2D eigenvalue weighted by atomic mass is 10.1. The molecule has 2 aromatic rings. The van der Waals surface area contributed by atoms with Crippen LogP contribution in [0.1, 0.15) is 22.8 Å². The van der Waals surface area contributed by atoms with Crippen molar-refractivity contribution in [1.29, 1.82) is 0 Å². The monoisotopic (exact) mass is 280 g/mol. The van der Waals surface area contributed by atoms with Crippen molar-refractivity contribution in [3.05, 3.63) is 83.6 Å². The smallest absolute Gasteiger partial charge is 0.315 e. The average Bonchev–Trinajstić information content (AvgIpc) is 2.48. The number of hydrogen-bond donors (Lipinski definition) is 0. The lowest BCUT2D eigenvalue weighted by Crippen LogP contribution is -2.07. The molecule has 3 heteroatoms. The Hall–Kier alpha value is -2.68. The van der Waals surface area contributed by atoms with Crippen LogP contribution in [0.4, 0.5) is 0 Å². The molecule has 0 radical (unpaired) electrons. The Labute approximate surface area is 123 Å². The Bertz CT molecular complexity index is 643. The van der Waals surface area contributed by atoms with E-state index < -0.39 is 0 Å². The highest BCUT2D eigenvalue weighted by Gasteiger charge is 2.08. The van der Waals surface area contributed by atoms with Gasteiger partial charge in [-0.05, 0) is 12.5 Å². The molecule has 0 aliphatic carbocycles. The van der Waals surface area contributed by atoms with Crippen LogP contribution in [-0.4, -0.2) is 11.8 Å². The fraction of sp³-hybridized carbons (Fsp3) is 0.111. The average molecular weight is 280 g/mol. The number of ketones is 1. The third kappa shape index (κ3) is 4.73. The van der Waals surface area contributed by atoms with E-state index in [2.05, 4.69) is 0 Å². The summed E-state index contributed by atoms with van der Waals surface area (Å²) in [5.74, 6) is -0.263. The van der Waals surface area contributed by atoms with Crippen LogP contribution in [0.25, 0.3) is 0 Å². The molecule has 0 amide bonds. The van der Waals surface area contributed by atoms with E-state index in [4.69, 9.17) is 4.74 Å². The van der Waals surface area contributed by atoms with Gasteiger partial charge in [0.05, 0.1) is 6.42 Å². The van der Waals surface area contributed by atoms with Crippen LogP contribution in [0, 0.1) is 0 Å². The quantitative estimate of drug-likeness (QED) is 0.364. The zero-order valence-electron chi connectivity index (χ0n) is 11.8. The van der Waals surface area contributed by atoms with E-state index in [9.17, 15) is 9.59 Å². The highest BCUT2D eigenvalue weighted by molar-refractivity contribution is 6.04. The highest BCUT2D eigenvalue weighted by Crippen LogP contribution is 2.07. The van der Waals surface area contributed by atoms with Crippen LogP contribution < -0.4 is 0 Å². The summed E-state index contributed by atoms with van der Waals surface area (Å²) in [6.07, 6.45) is 1.52. The molecule has 2 rings (SSSR count). The van der Waals surface area contributed by atoms with Crippen LogP contribution in [0.15, 0.2) is 72.5 Å². The molecule has 0 N–H and O–H groups in total. The molecule has 0 fully saturated rings. The van der Waals surface area contributed by atoms with Crippen molar-refractivity contribution in [3.8, 4) is 0 Å². The van der Waals surface area contributed by atoms with E-state index in [1.165, 1.54) is 6.08 Å². The van der Waals surface area contributed by atoms with Crippen LogP contribution in [0.5, 0.6) is 0 Å². The fourth-order valence-corrected chi connectivity index (χ4v) is 1.88. The number of esters is 1. The molecule has 0 atom stereocenters. The second kappa shape index (κ2) is 7.20. The van der Waals surface area contributed by atoms with Gasteiger partial charge in [0.2, 0.25) is 0 Å². The first-order chi connectivity index (χ1) is 10.1. The zero-order valence-corrected chi connectivity index (χ0v) is 11.8. The largest absolute Gasteiger partial charge is 0.431 e. The minimum atomic E-state index is -0.379. The molecule has 0 aliphatic rings. The van der Waals surface area contributed by atoms with E-state index in [1.807, 2.05) is 36.4 Å². The van der Waals surface area contributed by atoms with E-state index >= 15 is 0 Å². The third-order valence-electron chi connectivity index (χ3n) is 2.86. The fourth-order valence-electron chi connectivity index (χ4n) is 1.88. The predicted octanol–water partition coefficient (Wildman–Crippen LogP) is 3.56. The van der Waals surface area contributed by atoms with Gasteiger partial charge in [-0.3, -0.25) is 9.59 Å². The van der Waals surface area contributed by atoms with Gasteiger partial charge in [0.15, 0.2) is 5.78 Å². The Kier molecular flexibility index (Phi) is 5.04. The summed E-state index contributed by atoms with van der Waals surface area (Å²) in [7, 11) is 0. The summed E-state index contributed by atoms with van der Waals surface area (Å²) in [4.78, 5) is 23.7. The summed E-state index contributed by atoms with van der Waals surface area (Å²) >= 11 is 0. The van der Waals surface area contributed by atoms with Crippen molar-refractivity contribution < 1.29 is 14.3 Å². The standard InChI is InChI=1S/C18H16O3/c1-14(12-17(19)16-10-6-3-7-11-16)21-18(20)13-15-8-4-2-5-9-15/h2-12H,13H2,1H3/b14-12+. The predicted molar refractivity (Wildman–Crippen MR) is 80.8 cm³/mol. The molecule has 0 unspecified atom stereocenters. The van der Waals surface area contributed by atoms with Crippen molar-refractivity contribution in [3.63, 3.8) is 0 Å². The van der Waals surface area contributed by atoms with Gasteiger partial charge in [-0.1, -0.05) is 60.7 Å². The van der Waals surface area contributed by atoms with Gasteiger partial charge < -0.3 is 4.74 Å². The van der Waals surface area contributed by atoms with Crippen molar-refractivity contribution >= 4 is 11.8 Å². The minimum Gasteiger partial charge on any atom is -0.431 e. The van der Waals surface area contributed by atoms with Gasteiger partial charge in [-0.2, -0.15) is 0 Å². The first kappa shape index (κ1) is 14.7. The molecule has 2 aromatic carbocycles. The Balaban J connectivity index is 1.94. The molecule has 0 aromatic heterocycles. The Morgan fingerprint density at radius 1 is 0.952 bits per heavy atom. The summed E-state index contributed by atoms with van der Waals surface area (Å²) < 4.78 is 5.15. The second-order valence-corrected chi connectivity index (χ2v) is 4.62. The van der Waals surface area contributed by atoms with Gasteiger partial charge in [0.1, 0.15) is 5.76 Å². The van der Waals surface area contributed by atoms with Crippen LogP contribution in [0.3, 0.4) is 0 Å². The molecule has 0 aliphatic heterocycles. The molecule has 0 bridgehead atoms. The number of carbonyl (C=O) groups is 2. The van der Waals surface area contributed by atoms with E-state index in [1.54, 1.807) is 31.2 Å². The number of hydrogen-bond acceptors (Lipinski definition) is 3. The summed E-state index contributed by atoms with van der Waals surface area (Å²) in [5.41, 5.74) is 1.45. The highest BCUT2D eigenvalue weighted by atomic mass is 16.5. The molecule has 3 nitrogen and oxygen atoms in total. The topological polar surface area (TPSA) is 43.4 Å². The SMILES string of the molecule is C/C(=C\C(=O)c1ccccc1)OC(=O)Cc1ccccc1. The third-order valence-corrected chi connectivity index (χ3v) is 2.86. The molecule has 0 spiro atoms. The number of rotatable bonds is 5. The lowest BCUT2D eigenvalue weighted by molar-refractivity contribution is -0.138. The molecule has 0 saturated heterocycles. The molecule has 0 saturated carbocycles.